The number of hydrogen-bond acceptors (Lipinski definition) is 5. The normalized spacial score (nSPS) is 12.5. The van der Waals surface area contributed by atoms with Crippen LogP contribution in [-0.2, 0) is 18.6 Å². The summed E-state index contributed by atoms with van der Waals surface area (Å²) in [4.78, 5) is 39.1. The molecule has 0 saturated heterocycles. The molecule has 10 heteroatoms. The van der Waals surface area contributed by atoms with Gasteiger partial charge in [-0.1, -0.05) is 30.3 Å². The molecule has 0 fully saturated rings. The summed E-state index contributed by atoms with van der Waals surface area (Å²) in [6, 6.07) is 6.49. The first kappa shape index (κ1) is 16.1. The van der Waals surface area contributed by atoms with Crippen molar-refractivity contribution in [2.24, 2.45) is 0 Å². The zero-order chi connectivity index (χ0) is 15.2. The predicted molar refractivity (Wildman–Crippen MR) is 64.4 cm³/mol. The van der Waals surface area contributed by atoms with Gasteiger partial charge in [-0.05, 0) is 5.56 Å². The van der Waals surface area contributed by atoms with E-state index in [9.17, 15) is 14.2 Å². The summed E-state index contributed by atoms with van der Waals surface area (Å²) in [6.45, 7) is -1.00. The van der Waals surface area contributed by atoms with Crippen molar-refractivity contribution in [1.29, 1.82) is 0 Å². The van der Waals surface area contributed by atoms with Crippen molar-refractivity contribution in [3.8, 4) is 0 Å². The minimum atomic E-state index is -4.75. The van der Waals surface area contributed by atoms with Crippen molar-refractivity contribution < 1.29 is 38.3 Å². The van der Waals surface area contributed by atoms with Crippen LogP contribution in [0.5, 0.6) is 0 Å². The minimum Gasteiger partial charge on any atom is -0.479 e. The van der Waals surface area contributed by atoms with E-state index in [4.69, 9.17) is 14.9 Å². The average molecular weight is 305 g/mol. The number of carbonyl (C=O) groups excluding carboxylic acids is 1. The molecule has 1 amide bonds. The first-order valence-corrected chi connectivity index (χ1v) is 6.74. The molecule has 0 saturated carbocycles. The number of amides is 1. The smallest absolute Gasteiger partial charge is 0.472 e. The van der Waals surface area contributed by atoms with Gasteiger partial charge in [0, 0.05) is 0 Å². The fraction of sp³-hybridized carbons (Fsp3) is 0.200. The Morgan fingerprint density at radius 3 is 2.35 bits per heavy atom. The number of carbonyl (C=O) groups is 2. The van der Waals surface area contributed by atoms with Crippen LogP contribution in [0.2, 0.25) is 0 Å². The van der Waals surface area contributed by atoms with Crippen LogP contribution in [0.25, 0.3) is 0 Å². The van der Waals surface area contributed by atoms with E-state index in [0.29, 0.717) is 5.56 Å². The molecule has 0 bridgehead atoms. The van der Waals surface area contributed by atoms with Crippen LogP contribution in [0, 0.1) is 0 Å². The lowest BCUT2D eigenvalue weighted by molar-refractivity contribution is -0.139. The zero-order valence-corrected chi connectivity index (χ0v) is 10.9. The maximum Gasteiger partial charge on any atom is 0.472 e. The van der Waals surface area contributed by atoms with E-state index >= 15 is 0 Å². The Morgan fingerprint density at radius 1 is 1.25 bits per heavy atom. The molecule has 0 aromatic heterocycles. The Morgan fingerprint density at radius 2 is 1.85 bits per heavy atom. The van der Waals surface area contributed by atoms with E-state index in [1.807, 2.05) is 5.32 Å². The number of nitrogens with one attached hydrogen (secondary N) is 1. The van der Waals surface area contributed by atoms with Crippen LogP contribution in [0.15, 0.2) is 30.3 Å². The monoisotopic (exact) mass is 305 g/mol. The molecular formula is C10H12NO8P. The van der Waals surface area contributed by atoms with E-state index < -0.39 is 32.7 Å². The fourth-order valence-electron chi connectivity index (χ4n) is 1.24. The number of ether oxygens (including phenoxy) is 1. The molecule has 4 N–H and O–H groups in total. The van der Waals surface area contributed by atoms with Crippen molar-refractivity contribution in [3.63, 3.8) is 0 Å². The quantitative estimate of drug-likeness (QED) is 0.442. The summed E-state index contributed by atoms with van der Waals surface area (Å²) in [5, 5.41) is 11.0. The first-order chi connectivity index (χ1) is 9.29. The molecule has 1 aromatic carbocycles. The number of hydrogen-bond donors (Lipinski definition) is 4. The number of alkyl carbamates (subject to hydrolysis) is 1. The van der Waals surface area contributed by atoms with Crippen LogP contribution < -0.4 is 5.32 Å². The number of carboxylic acid groups (broad SMARTS) is 1. The van der Waals surface area contributed by atoms with Crippen LogP contribution in [0.1, 0.15) is 11.6 Å². The summed E-state index contributed by atoms with van der Waals surface area (Å²) in [5.41, 5.74) is 0.313. The maximum atomic E-state index is 11.3. The molecule has 9 nitrogen and oxygen atoms in total. The topological polar surface area (TPSA) is 142 Å². The van der Waals surface area contributed by atoms with Gasteiger partial charge in [-0.2, -0.15) is 0 Å². The first-order valence-electron chi connectivity index (χ1n) is 5.21. The average Bonchev–Trinajstić information content (AvgIpc) is 2.35. The Labute approximate surface area is 113 Å². The maximum absolute atomic E-state index is 11.3. The van der Waals surface area contributed by atoms with Gasteiger partial charge in [0.15, 0.2) is 6.04 Å². The summed E-state index contributed by atoms with van der Waals surface area (Å²) in [7, 11) is -4.75. The van der Waals surface area contributed by atoms with Crippen LogP contribution >= 0.6 is 7.82 Å². The van der Waals surface area contributed by atoms with Crippen LogP contribution in [0.4, 0.5) is 4.79 Å². The lowest BCUT2D eigenvalue weighted by atomic mass is 10.1. The molecule has 0 aliphatic rings. The number of phosphoric acid groups is 1. The second-order valence-electron chi connectivity index (χ2n) is 3.50. The Bertz CT molecular complexity index is 513. The Kier molecular flexibility index (Phi) is 5.66. The van der Waals surface area contributed by atoms with Crippen molar-refractivity contribution in [2.75, 3.05) is 6.79 Å². The van der Waals surface area contributed by atoms with Gasteiger partial charge < -0.3 is 24.9 Å². The second-order valence-corrected chi connectivity index (χ2v) is 4.73. The largest absolute Gasteiger partial charge is 0.479 e. The molecule has 1 unspecified atom stereocenters. The lowest BCUT2D eigenvalue weighted by Gasteiger charge is -2.14. The van der Waals surface area contributed by atoms with Gasteiger partial charge in [0.2, 0.25) is 6.79 Å². The number of benzene rings is 1. The number of phosphoric ester groups is 1. The predicted octanol–water partition coefficient (Wildman–Crippen LogP) is 0.605. The minimum absolute atomic E-state index is 0.313. The molecule has 1 rings (SSSR count). The van der Waals surface area contributed by atoms with Gasteiger partial charge >= 0.3 is 19.9 Å². The molecule has 0 heterocycles. The molecule has 1 atom stereocenters. The Balaban J connectivity index is 2.57. The number of aliphatic carboxylic acids is 1. The van der Waals surface area contributed by atoms with E-state index in [1.54, 1.807) is 18.2 Å². The number of rotatable bonds is 6. The third-order valence-corrected chi connectivity index (χ3v) is 2.49. The SMILES string of the molecule is O=C(NC(C(=O)O)c1ccccc1)OCOP(=O)(O)O. The van der Waals surface area contributed by atoms with Crippen molar-refractivity contribution in [2.45, 2.75) is 6.04 Å². The second kappa shape index (κ2) is 7.01. The summed E-state index contributed by atoms with van der Waals surface area (Å²) >= 11 is 0. The van der Waals surface area contributed by atoms with Crippen LogP contribution in [0.3, 0.4) is 0 Å². The lowest BCUT2D eigenvalue weighted by Crippen LogP contribution is -2.34. The molecule has 0 radical (unpaired) electrons. The van der Waals surface area contributed by atoms with E-state index in [1.165, 1.54) is 12.1 Å². The Hall–Kier alpha value is -1.93. The fourth-order valence-corrected chi connectivity index (χ4v) is 1.43. The van der Waals surface area contributed by atoms with E-state index in [-0.39, 0.29) is 0 Å². The highest BCUT2D eigenvalue weighted by Gasteiger charge is 2.23. The van der Waals surface area contributed by atoms with Gasteiger partial charge in [0.1, 0.15) is 0 Å². The molecule has 20 heavy (non-hydrogen) atoms. The molecular weight excluding hydrogens is 293 g/mol. The number of carboxylic acids is 1. The van der Waals surface area contributed by atoms with Gasteiger partial charge in [-0.3, -0.25) is 0 Å². The highest BCUT2D eigenvalue weighted by atomic mass is 31.2. The molecule has 0 aliphatic heterocycles. The molecule has 0 spiro atoms. The van der Waals surface area contributed by atoms with Crippen molar-refractivity contribution in [1.82, 2.24) is 5.32 Å². The van der Waals surface area contributed by atoms with Crippen LogP contribution in [-0.4, -0.2) is 33.7 Å². The van der Waals surface area contributed by atoms with Crippen molar-refractivity contribution in [3.05, 3.63) is 35.9 Å². The molecule has 110 valence electrons. The van der Waals surface area contributed by atoms with Gasteiger partial charge in [-0.25, -0.2) is 18.7 Å². The third-order valence-electron chi connectivity index (χ3n) is 2.05. The summed E-state index contributed by atoms with van der Waals surface area (Å²) in [5.74, 6) is -1.32. The zero-order valence-electron chi connectivity index (χ0n) is 10.0. The highest BCUT2D eigenvalue weighted by molar-refractivity contribution is 7.46. The highest BCUT2D eigenvalue weighted by Crippen LogP contribution is 2.35. The molecule has 0 aliphatic carbocycles. The summed E-state index contributed by atoms with van der Waals surface area (Å²) < 4.78 is 18.5. The standard InChI is InChI=1S/C10H12NO8P/c12-9(13)8(7-4-2-1-3-5-7)11-10(14)18-6-19-20(15,16)17/h1-5,8H,6H2,(H,11,14)(H,12,13)(H2,15,16,17). The van der Waals surface area contributed by atoms with Gasteiger partial charge in [0.05, 0.1) is 0 Å². The van der Waals surface area contributed by atoms with E-state index in [0.717, 1.165) is 0 Å². The van der Waals surface area contributed by atoms with Crippen molar-refractivity contribution >= 4 is 19.9 Å². The van der Waals surface area contributed by atoms with Gasteiger partial charge in [-0.15, -0.1) is 0 Å². The van der Waals surface area contributed by atoms with E-state index in [2.05, 4.69) is 9.26 Å². The summed E-state index contributed by atoms with van der Waals surface area (Å²) in [6.07, 6.45) is -1.19. The third kappa shape index (κ3) is 5.81. The van der Waals surface area contributed by atoms with Gasteiger partial charge in [0.25, 0.3) is 0 Å². The molecule has 1 aromatic rings.